The van der Waals surface area contributed by atoms with E-state index in [-0.39, 0.29) is 0 Å². The molecule has 0 bridgehead atoms. The van der Waals surface area contributed by atoms with Gasteiger partial charge in [0.1, 0.15) is 0 Å². The van der Waals surface area contributed by atoms with Crippen LogP contribution in [0.4, 0.5) is 0 Å². The zero-order chi connectivity index (χ0) is 18.5. The molecule has 26 heavy (non-hydrogen) atoms. The van der Waals surface area contributed by atoms with E-state index in [1.54, 1.807) is 0 Å². The first-order chi connectivity index (χ1) is 12.8. The minimum atomic E-state index is 1.21. The third-order valence-corrected chi connectivity index (χ3v) is 7.33. The van der Waals surface area contributed by atoms with E-state index in [0.717, 1.165) is 0 Å². The maximum absolute atomic E-state index is 2.31. The highest BCUT2D eigenvalue weighted by atomic mass is 33.1. The topological polar surface area (TPSA) is 0 Å². The van der Waals surface area contributed by atoms with Crippen molar-refractivity contribution in [1.29, 1.82) is 0 Å². The van der Waals surface area contributed by atoms with Crippen LogP contribution in [0.2, 0.25) is 0 Å². The van der Waals surface area contributed by atoms with Crippen LogP contribution in [0.1, 0.15) is 76.3 Å². The molecular formula is C24H34S2. The summed E-state index contributed by atoms with van der Waals surface area (Å²) in [6.45, 7) is 4.56. The van der Waals surface area contributed by atoms with Crippen molar-refractivity contribution in [2.75, 3.05) is 0 Å². The fraction of sp³-hybridized carbons (Fsp3) is 0.500. The van der Waals surface area contributed by atoms with Gasteiger partial charge in [-0.3, -0.25) is 0 Å². The van der Waals surface area contributed by atoms with Gasteiger partial charge in [0.25, 0.3) is 0 Å². The molecule has 0 aliphatic rings. The van der Waals surface area contributed by atoms with Crippen LogP contribution >= 0.6 is 21.6 Å². The van der Waals surface area contributed by atoms with E-state index in [1.807, 2.05) is 21.6 Å². The largest absolute Gasteiger partial charge is 0.0654 e. The molecule has 2 heteroatoms. The van der Waals surface area contributed by atoms with E-state index in [0.29, 0.717) is 0 Å². The molecule has 0 aromatic heterocycles. The molecule has 2 aromatic carbocycles. The average molecular weight is 387 g/mol. The third-order valence-electron chi connectivity index (χ3n) is 4.77. The second-order valence-corrected chi connectivity index (χ2v) is 9.22. The Kier molecular flexibility index (Phi) is 11.0. The number of hydrogen-bond acceptors (Lipinski definition) is 2. The Balaban J connectivity index is 1.92. The molecule has 0 aliphatic heterocycles. The fourth-order valence-corrected chi connectivity index (χ4v) is 5.67. The molecule has 0 spiro atoms. The first kappa shape index (κ1) is 21.4. The highest BCUT2D eigenvalue weighted by molar-refractivity contribution is 8.76. The minimum Gasteiger partial charge on any atom is -0.0654 e. The van der Waals surface area contributed by atoms with Crippen molar-refractivity contribution in [2.45, 2.75) is 87.8 Å². The van der Waals surface area contributed by atoms with Crippen LogP contribution < -0.4 is 0 Å². The van der Waals surface area contributed by atoms with Crippen molar-refractivity contribution in [3.63, 3.8) is 0 Å². The summed E-state index contributed by atoms with van der Waals surface area (Å²) in [7, 11) is 3.88. The maximum Gasteiger partial charge on any atom is 0.0218 e. The lowest BCUT2D eigenvalue weighted by Gasteiger charge is -2.11. The molecule has 0 fully saturated rings. The zero-order valence-electron chi connectivity index (χ0n) is 16.5. The van der Waals surface area contributed by atoms with Crippen molar-refractivity contribution in [3.8, 4) is 0 Å². The number of aryl methyl sites for hydroxylation is 2. The van der Waals surface area contributed by atoms with E-state index < -0.39 is 0 Å². The van der Waals surface area contributed by atoms with E-state index in [9.17, 15) is 0 Å². The summed E-state index contributed by atoms with van der Waals surface area (Å²) in [6.07, 6.45) is 13.1. The molecule has 2 aromatic rings. The Hall–Kier alpha value is -0.860. The molecule has 0 unspecified atom stereocenters. The first-order valence-electron chi connectivity index (χ1n) is 10.4. The molecule has 0 atom stereocenters. The highest BCUT2D eigenvalue weighted by Gasteiger charge is 2.07. The van der Waals surface area contributed by atoms with Gasteiger partial charge in [-0.2, -0.15) is 0 Å². The summed E-state index contributed by atoms with van der Waals surface area (Å²) >= 11 is 0. The van der Waals surface area contributed by atoms with Crippen molar-refractivity contribution in [1.82, 2.24) is 0 Å². The van der Waals surface area contributed by atoms with Gasteiger partial charge in [-0.25, -0.2) is 0 Å². The maximum atomic E-state index is 2.31. The summed E-state index contributed by atoms with van der Waals surface area (Å²) in [6, 6.07) is 17.9. The Morgan fingerprint density at radius 3 is 1.38 bits per heavy atom. The summed E-state index contributed by atoms with van der Waals surface area (Å²) < 4.78 is 0. The van der Waals surface area contributed by atoms with Crippen LogP contribution in [-0.4, -0.2) is 0 Å². The predicted molar refractivity (Wildman–Crippen MR) is 120 cm³/mol. The molecule has 0 saturated carbocycles. The van der Waals surface area contributed by atoms with Crippen LogP contribution in [-0.2, 0) is 12.8 Å². The Morgan fingerprint density at radius 2 is 0.962 bits per heavy atom. The van der Waals surface area contributed by atoms with Gasteiger partial charge in [0.2, 0.25) is 0 Å². The van der Waals surface area contributed by atoms with Crippen molar-refractivity contribution in [3.05, 3.63) is 59.7 Å². The number of rotatable bonds is 13. The van der Waals surface area contributed by atoms with E-state index in [4.69, 9.17) is 0 Å². The summed E-state index contributed by atoms with van der Waals surface area (Å²) in [5.74, 6) is 0. The van der Waals surface area contributed by atoms with Gasteiger partial charge >= 0.3 is 0 Å². The van der Waals surface area contributed by atoms with Crippen LogP contribution in [0.5, 0.6) is 0 Å². The van der Waals surface area contributed by atoms with Gasteiger partial charge in [0.15, 0.2) is 0 Å². The van der Waals surface area contributed by atoms with Gasteiger partial charge < -0.3 is 0 Å². The summed E-state index contributed by atoms with van der Waals surface area (Å²) in [5, 5.41) is 0. The molecule has 0 aliphatic carbocycles. The van der Waals surface area contributed by atoms with Crippen molar-refractivity contribution < 1.29 is 0 Å². The molecular weight excluding hydrogens is 352 g/mol. The molecule has 0 radical (unpaired) electrons. The van der Waals surface area contributed by atoms with E-state index in [2.05, 4.69) is 62.4 Å². The SMILES string of the molecule is CCCCCCc1ccccc1SSc1ccccc1CCCCCC. The van der Waals surface area contributed by atoms with Gasteiger partial charge in [0, 0.05) is 9.79 Å². The Labute approximate surface area is 169 Å². The second-order valence-electron chi connectivity index (χ2n) is 7.00. The molecule has 0 amide bonds. The molecule has 142 valence electrons. The molecule has 0 nitrogen and oxygen atoms in total. The number of benzene rings is 2. The Bertz CT molecular complexity index is 566. The predicted octanol–water partition coefficient (Wildman–Crippen LogP) is 8.73. The Morgan fingerprint density at radius 1 is 0.538 bits per heavy atom. The first-order valence-corrected chi connectivity index (χ1v) is 12.5. The monoisotopic (exact) mass is 386 g/mol. The summed E-state index contributed by atoms with van der Waals surface area (Å²) in [5.41, 5.74) is 3.03. The van der Waals surface area contributed by atoms with Gasteiger partial charge in [-0.1, -0.05) is 110 Å². The van der Waals surface area contributed by atoms with Crippen molar-refractivity contribution >= 4 is 21.6 Å². The van der Waals surface area contributed by atoms with Gasteiger partial charge in [0.05, 0.1) is 0 Å². The molecule has 0 heterocycles. The molecule has 0 N–H and O–H groups in total. The highest BCUT2D eigenvalue weighted by Crippen LogP contribution is 2.41. The standard InChI is InChI=1S/C24H34S2/c1-3-5-7-9-15-21-17-11-13-19-23(21)25-26-24-20-14-12-18-22(24)16-10-8-6-4-2/h11-14,17-20H,3-10,15-16H2,1-2H3. The minimum absolute atomic E-state index is 1.21. The lowest BCUT2D eigenvalue weighted by Crippen LogP contribution is -1.90. The van der Waals surface area contributed by atoms with Crippen molar-refractivity contribution in [2.24, 2.45) is 0 Å². The number of hydrogen-bond donors (Lipinski definition) is 0. The van der Waals surface area contributed by atoms with Gasteiger partial charge in [-0.05, 0) is 48.9 Å². The van der Waals surface area contributed by atoms with E-state index in [1.165, 1.54) is 85.1 Å². The summed E-state index contributed by atoms with van der Waals surface area (Å²) in [4.78, 5) is 2.88. The average Bonchev–Trinajstić information content (AvgIpc) is 2.68. The van der Waals surface area contributed by atoms with Crippen LogP contribution in [0, 0.1) is 0 Å². The second kappa shape index (κ2) is 13.3. The normalized spacial score (nSPS) is 11.0. The van der Waals surface area contributed by atoms with Gasteiger partial charge in [-0.15, -0.1) is 0 Å². The lowest BCUT2D eigenvalue weighted by molar-refractivity contribution is 0.663. The van der Waals surface area contributed by atoms with Crippen LogP contribution in [0.15, 0.2) is 58.3 Å². The third kappa shape index (κ3) is 7.80. The molecule has 2 rings (SSSR count). The van der Waals surface area contributed by atoms with Crippen LogP contribution in [0.3, 0.4) is 0 Å². The smallest absolute Gasteiger partial charge is 0.0218 e. The van der Waals surface area contributed by atoms with Crippen LogP contribution in [0.25, 0.3) is 0 Å². The quantitative estimate of drug-likeness (QED) is 0.249. The fourth-order valence-electron chi connectivity index (χ4n) is 3.16. The zero-order valence-corrected chi connectivity index (χ0v) is 18.1. The number of unbranched alkanes of at least 4 members (excludes halogenated alkanes) is 6. The lowest BCUT2D eigenvalue weighted by atomic mass is 10.1. The van der Waals surface area contributed by atoms with E-state index >= 15 is 0 Å². The molecule has 0 saturated heterocycles.